The van der Waals surface area contributed by atoms with Gasteiger partial charge in [0, 0.05) is 25.7 Å². The number of halogens is 1. The van der Waals surface area contributed by atoms with Gasteiger partial charge in [-0.05, 0) is 30.9 Å². The minimum absolute atomic E-state index is 0.0144. The number of carbonyl (C=O) groups excluding carboxylic acids is 1. The summed E-state index contributed by atoms with van der Waals surface area (Å²) < 4.78 is 19.6. The third-order valence-corrected chi connectivity index (χ3v) is 5.57. The van der Waals surface area contributed by atoms with Crippen molar-refractivity contribution >= 4 is 5.91 Å². The summed E-state index contributed by atoms with van der Waals surface area (Å²) in [6.07, 6.45) is 5.30. The Labute approximate surface area is 145 Å². The van der Waals surface area contributed by atoms with Gasteiger partial charge < -0.3 is 9.32 Å². The van der Waals surface area contributed by atoms with E-state index in [1.54, 1.807) is 0 Å². The average Bonchev–Trinajstić information content (AvgIpc) is 3.30. The maximum absolute atomic E-state index is 13.8. The average molecular weight is 344 g/mol. The lowest BCUT2D eigenvalue weighted by Crippen LogP contribution is -2.35. The van der Waals surface area contributed by atoms with E-state index in [-0.39, 0.29) is 23.4 Å². The molecule has 0 unspecified atom stereocenters. The molecule has 132 valence electrons. The highest BCUT2D eigenvalue weighted by atomic mass is 19.1. The number of aryl methyl sites for hydroxylation is 1. The summed E-state index contributed by atoms with van der Waals surface area (Å²) in [4.78, 5) is 18.5. The number of hydrogen-bond donors (Lipinski definition) is 0. The Hall–Kier alpha value is -2.31. The van der Waals surface area contributed by atoms with Gasteiger partial charge in [-0.1, -0.05) is 13.3 Å². The SMILES string of the molecule is CCc1nnc([C@]23CCC[C@H]2CN(C(=O)Cc2ncccc2F)C3)o1. The van der Waals surface area contributed by atoms with Crippen LogP contribution in [0.25, 0.3) is 0 Å². The molecule has 0 spiro atoms. The summed E-state index contributed by atoms with van der Waals surface area (Å²) in [5.74, 6) is 1.09. The standard InChI is InChI=1S/C18H21FN4O2/c1-2-15-21-22-17(25-15)18-7-3-5-12(18)10-23(11-18)16(24)9-14-13(19)6-4-8-20-14/h4,6,8,12H,2-3,5,7,9-11H2,1H3/t12-,18-/m0/s1. The fraction of sp³-hybridized carbons (Fsp3) is 0.556. The molecule has 0 radical (unpaired) electrons. The number of carbonyl (C=O) groups is 1. The third-order valence-electron chi connectivity index (χ3n) is 5.57. The lowest BCUT2D eigenvalue weighted by Gasteiger charge is -2.24. The van der Waals surface area contributed by atoms with Crippen LogP contribution in [0.3, 0.4) is 0 Å². The van der Waals surface area contributed by atoms with E-state index in [0.717, 1.165) is 19.3 Å². The van der Waals surface area contributed by atoms with E-state index >= 15 is 0 Å². The molecule has 2 aromatic rings. The molecule has 1 aliphatic heterocycles. The van der Waals surface area contributed by atoms with Crippen LogP contribution >= 0.6 is 0 Å². The van der Waals surface area contributed by atoms with Gasteiger partial charge in [-0.2, -0.15) is 0 Å². The first-order valence-corrected chi connectivity index (χ1v) is 8.82. The molecular formula is C18H21FN4O2. The molecule has 0 bridgehead atoms. The van der Waals surface area contributed by atoms with Gasteiger partial charge in [-0.3, -0.25) is 9.78 Å². The summed E-state index contributed by atoms with van der Waals surface area (Å²) >= 11 is 0. The van der Waals surface area contributed by atoms with Crippen LogP contribution in [0.2, 0.25) is 0 Å². The van der Waals surface area contributed by atoms with Crippen molar-refractivity contribution in [2.45, 2.75) is 44.4 Å². The highest BCUT2D eigenvalue weighted by molar-refractivity contribution is 5.79. The Kier molecular flexibility index (Phi) is 4.01. The van der Waals surface area contributed by atoms with E-state index in [0.29, 0.717) is 37.2 Å². The smallest absolute Gasteiger partial charge is 0.228 e. The minimum atomic E-state index is -0.436. The summed E-state index contributed by atoms with van der Waals surface area (Å²) in [5.41, 5.74) is -0.0386. The van der Waals surface area contributed by atoms with Crippen LogP contribution in [0.5, 0.6) is 0 Å². The van der Waals surface area contributed by atoms with Gasteiger partial charge in [0.05, 0.1) is 17.5 Å². The number of fused-ring (bicyclic) bond motifs is 1. The summed E-state index contributed by atoms with van der Waals surface area (Å²) in [5, 5.41) is 8.37. The van der Waals surface area contributed by atoms with E-state index in [4.69, 9.17) is 4.42 Å². The Bertz CT molecular complexity index is 793. The van der Waals surface area contributed by atoms with Crippen LogP contribution in [0.4, 0.5) is 4.39 Å². The molecule has 3 heterocycles. The molecular weight excluding hydrogens is 323 g/mol. The summed E-state index contributed by atoms with van der Waals surface area (Å²) in [6.45, 7) is 3.21. The summed E-state index contributed by atoms with van der Waals surface area (Å²) in [6, 6.07) is 2.86. The zero-order valence-corrected chi connectivity index (χ0v) is 14.2. The fourth-order valence-corrected chi connectivity index (χ4v) is 4.23. The Morgan fingerprint density at radius 3 is 3.12 bits per heavy atom. The first-order valence-electron chi connectivity index (χ1n) is 8.82. The third kappa shape index (κ3) is 2.71. The van der Waals surface area contributed by atoms with Crippen molar-refractivity contribution < 1.29 is 13.6 Å². The van der Waals surface area contributed by atoms with Gasteiger partial charge in [0.2, 0.25) is 17.7 Å². The van der Waals surface area contributed by atoms with Gasteiger partial charge in [0.1, 0.15) is 5.82 Å². The van der Waals surface area contributed by atoms with Crippen molar-refractivity contribution in [1.29, 1.82) is 0 Å². The number of pyridine rings is 1. The van der Waals surface area contributed by atoms with Gasteiger partial charge in [-0.15, -0.1) is 10.2 Å². The summed E-state index contributed by atoms with van der Waals surface area (Å²) in [7, 11) is 0. The van der Waals surface area contributed by atoms with Crippen molar-refractivity contribution in [3.8, 4) is 0 Å². The van der Waals surface area contributed by atoms with Crippen LogP contribution in [-0.2, 0) is 23.1 Å². The minimum Gasteiger partial charge on any atom is -0.425 e. The molecule has 1 saturated heterocycles. The largest absolute Gasteiger partial charge is 0.425 e. The van der Waals surface area contributed by atoms with Gasteiger partial charge in [-0.25, -0.2) is 4.39 Å². The molecule has 7 heteroatoms. The quantitative estimate of drug-likeness (QED) is 0.851. The maximum atomic E-state index is 13.8. The number of rotatable bonds is 4. The molecule has 1 saturated carbocycles. The van der Waals surface area contributed by atoms with E-state index in [1.165, 1.54) is 18.3 Å². The molecule has 0 N–H and O–H groups in total. The van der Waals surface area contributed by atoms with Crippen LogP contribution in [-0.4, -0.2) is 39.1 Å². The second-order valence-corrected chi connectivity index (χ2v) is 6.98. The molecule has 1 amide bonds. The van der Waals surface area contributed by atoms with Crippen molar-refractivity contribution in [1.82, 2.24) is 20.1 Å². The molecule has 2 aliphatic rings. The van der Waals surface area contributed by atoms with Gasteiger partial charge >= 0.3 is 0 Å². The Morgan fingerprint density at radius 2 is 2.36 bits per heavy atom. The Balaban J connectivity index is 1.54. The van der Waals surface area contributed by atoms with Crippen molar-refractivity contribution in [3.63, 3.8) is 0 Å². The molecule has 2 aromatic heterocycles. The first kappa shape index (κ1) is 16.2. The topological polar surface area (TPSA) is 72.1 Å². The highest BCUT2D eigenvalue weighted by Crippen LogP contribution is 2.50. The lowest BCUT2D eigenvalue weighted by atomic mass is 9.80. The predicted octanol–water partition coefficient (Wildman–Crippen LogP) is 2.29. The molecule has 4 rings (SSSR count). The number of amides is 1. The fourth-order valence-electron chi connectivity index (χ4n) is 4.23. The van der Waals surface area contributed by atoms with Gasteiger partial charge in [0.25, 0.3) is 0 Å². The number of hydrogen-bond acceptors (Lipinski definition) is 5. The molecule has 2 atom stereocenters. The number of aromatic nitrogens is 3. The van der Waals surface area contributed by atoms with Crippen molar-refractivity contribution in [2.24, 2.45) is 5.92 Å². The Morgan fingerprint density at radius 1 is 1.48 bits per heavy atom. The first-order chi connectivity index (χ1) is 12.1. The van der Waals surface area contributed by atoms with E-state index in [1.807, 2.05) is 11.8 Å². The monoisotopic (exact) mass is 344 g/mol. The van der Waals surface area contributed by atoms with Crippen molar-refractivity contribution in [2.75, 3.05) is 13.1 Å². The van der Waals surface area contributed by atoms with Crippen LogP contribution in [0, 0.1) is 11.7 Å². The van der Waals surface area contributed by atoms with Crippen molar-refractivity contribution in [3.05, 3.63) is 41.6 Å². The molecule has 25 heavy (non-hydrogen) atoms. The van der Waals surface area contributed by atoms with E-state index < -0.39 is 5.82 Å². The predicted molar refractivity (Wildman–Crippen MR) is 87.2 cm³/mol. The van der Waals surface area contributed by atoms with Crippen LogP contribution in [0.15, 0.2) is 22.7 Å². The number of likely N-dealkylation sites (tertiary alicyclic amines) is 1. The molecule has 0 aromatic carbocycles. The normalized spacial score (nSPS) is 25.4. The molecule has 1 aliphatic carbocycles. The molecule has 6 nitrogen and oxygen atoms in total. The number of nitrogens with zero attached hydrogens (tertiary/aromatic N) is 4. The maximum Gasteiger partial charge on any atom is 0.228 e. The van der Waals surface area contributed by atoms with Gasteiger partial charge in [0.15, 0.2) is 0 Å². The van der Waals surface area contributed by atoms with Crippen LogP contribution in [0.1, 0.15) is 43.7 Å². The van der Waals surface area contributed by atoms with E-state index in [9.17, 15) is 9.18 Å². The second kappa shape index (κ2) is 6.20. The molecule has 2 fully saturated rings. The zero-order valence-electron chi connectivity index (χ0n) is 14.2. The van der Waals surface area contributed by atoms with E-state index in [2.05, 4.69) is 15.2 Å². The highest BCUT2D eigenvalue weighted by Gasteiger charge is 2.55. The zero-order chi connectivity index (χ0) is 17.4. The van der Waals surface area contributed by atoms with Crippen LogP contribution < -0.4 is 0 Å². The second-order valence-electron chi connectivity index (χ2n) is 6.98. The lowest BCUT2D eigenvalue weighted by molar-refractivity contribution is -0.129.